The molecule has 2 aliphatic heterocycles. The van der Waals surface area contributed by atoms with Gasteiger partial charge in [0.05, 0.1) is 31.7 Å². The molecule has 2 heterocycles. The molecule has 6 N–H and O–H groups in total. The lowest BCUT2D eigenvalue weighted by molar-refractivity contribution is -0.140. The molecule has 9 nitrogen and oxygen atoms in total. The van der Waals surface area contributed by atoms with Gasteiger partial charge in [0, 0.05) is 5.69 Å². The quantitative estimate of drug-likeness (QED) is 0.377. The molecule has 2 aliphatic rings. The fourth-order valence-corrected chi connectivity index (χ4v) is 3.48. The highest BCUT2D eigenvalue weighted by Gasteiger charge is 2.28. The molecular formula is C23H36N4O5. The summed E-state index contributed by atoms with van der Waals surface area (Å²) < 4.78 is 5.65. The van der Waals surface area contributed by atoms with Crippen molar-refractivity contribution in [1.82, 2.24) is 10.6 Å². The number of anilines is 1. The van der Waals surface area contributed by atoms with E-state index in [-0.39, 0.29) is 43.4 Å². The zero-order valence-corrected chi connectivity index (χ0v) is 18.9. The average Bonchev–Trinajstić information content (AvgIpc) is 2.75. The first-order valence-electron chi connectivity index (χ1n) is 11.3. The molecule has 1 unspecified atom stereocenters. The molecule has 9 heteroatoms. The van der Waals surface area contributed by atoms with Gasteiger partial charge in [-0.1, -0.05) is 32.4 Å². The molecule has 0 aromatic heterocycles. The zero-order chi connectivity index (χ0) is 23.5. The molecule has 2 amide bonds. The van der Waals surface area contributed by atoms with Crippen molar-refractivity contribution in [3.05, 3.63) is 29.8 Å². The van der Waals surface area contributed by atoms with Crippen molar-refractivity contribution in [2.24, 2.45) is 11.7 Å². The van der Waals surface area contributed by atoms with Gasteiger partial charge in [-0.25, -0.2) is 0 Å². The maximum Gasteiger partial charge on any atom is 0.320 e. The third-order valence-corrected chi connectivity index (χ3v) is 5.54. The maximum absolute atomic E-state index is 13.2. The summed E-state index contributed by atoms with van der Waals surface area (Å²) in [6, 6.07) is 5.36. The Morgan fingerprint density at radius 2 is 1.97 bits per heavy atom. The number of carbonyl (C=O) groups is 3. The Balaban J connectivity index is 2.26. The molecule has 0 radical (unpaired) electrons. The molecule has 2 bridgehead atoms. The van der Waals surface area contributed by atoms with E-state index in [0.717, 1.165) is 12.0 Å². The fraction of sp³-hybridized carbons (Fsp3) is 0.609. The highest BCUT2D eigenvalue weighted by Crippen LogP contribution is 2.14. The topological polar surface area (TPSA) is 143 Å². The van der Waals surface area contributed by atoms with Crippen LogP contribution >= 0.6 is 0 Å². The summed E-state index contributed by atoms with van der Waals surface area (Å²) in [7, 11) is 0. The van der Waals surface area contributed by atoms with Crippen molar-refractivity contribution in [2.45, 2.75) is 64.1 Å². The molecule has 3 rings (SSSR count). The van der Waals surface area contributed by atoms with Gasteiger partial charge in [-0.15, -0.1) is 0 Å². The molecule has 3 atom stereocenters. The number of carboxylic acid groups (broad SMARTS) is 1. The summed E-state index contributed by atoms with van der Waals surface area (Å²) in [6.07, 6.45) is 2.30. The number of nitrogens with one attached hydrogen (secondary N) is 3. The Labute approximate surface area is 189 Å². The fourth-order valence-electron chi connectivity index (χ4n) is 3.48. The predicted molar refractivity (Wildman–Crippen MR) is 122 cm³/mol. The van der Waals surface area contributed by atoms with Gasteiger partial charge in [-0.2, -0.15) is 0 Å². The second-order valence-corrected chi connectivity index (χ2v) is 8.53. The molecule has 178 valence electrons. The van der Waals surface area contributed by atoms with Gasteiger partial charge < -0.3 is 26.2 Å². The highest BCUT2D eigenvalue weighted by molar-refractivity contribution is 5.90. The lowest BCUT2D eigenvalue weighted by Crippen LogP contribution is -2.55. The van der Waals surface area contributed by atoms with E-state index in [2.05, 4.69) is 16.0 Å². The van der Waals surface area contributed by atoms with Crippen molar-refractivity contribution in [3.63, 3.8) is 0 Å². The van der Waals surface area contributed by atoms with Crippen molar-refractivity contribution in [3.8, 4) is 0 Å². The standard InChI is InChI=1S/C23H36N4O5/c1-15(2)20-14-32-12-10-21(28)25-17-8-6-16(7-9-17)13-19(22(29)27-20)26-18(23(30)31)5-3-4-11-24/h6-9,15,18-20,26H,3-5,10-14,24H2,1-2H3,(H,25,28)(H,27,29)(H,30,31)/t18?,19-,20-/m1/s1. The van der Waals surface area contributed by atoms with E-state index in [1.54, 1.807) is 12.1 Å². The lowest BCUT2D eigenvalue weighted by atomic mass is 10.00. The number of rotatable bonds is 8. The van der Waals surface area contributed by atoms with Gasteiger partial charge >= 0.3 is 5.97 Å². The van der Waals surface area contributed by atoms with E-state index < -0.39 is 18.1 Å². The summed E-state index contributed by atoms with van der Waals surface area (Å²) >= 11 is 0. The Kier molecular flexibility index (Phi) is 10.6. The van der Waals surface area contributed by atoms with Crippen molar-refractivity contribution >= 4 is 23.5 Å². The third kappa shape index (κ3) is 8.57. The van der Waals surface area contributed by atoms with Crippen molar-refractivity contribution < 1.29 is 24.2 Å². The SMILES string of the molecule is CC(C)[C@H]1COCCC(=O)Nc2ccc(cc2)C[C@@H](NC(CCCCN)C(=O)O)C(=O)N1. The lowest BCUT2D eigenvalue weighted by Gasteiger charge is -2.27. The second kappa shape index (κ2) is 13.1. The molecule has 0 saturated carbocycles. The minimum Gasteiger partial charge on any atom is -0.480 e. The highest BCUT2D eigenvalue weighted by atomic mass is 16.5. The summed E-state index contributed by atoms with van der Waals surface area (Å²) in [6.45, 7) is 4.96. The summed E-state index contributed by atoms with van der Waals surface area (Å²) in [5.74, 6) is -1.31. The summed E-state index contributed by atoms with van der Waals surface area (Å²) in [4.78, 5) is 37.1. The Hall–Kier alpha value is -2.49. The first-order valence-corrected chi connectivity index (χ1v) is 11.3. The van der Waals surface area contributed by atoms with Crippen molar-refractivity contribution in [2.75, 3.05) is 25.1 Å². The number of aliphatic carboxylic acids is 1. The monoisotopic (exact) mass is 448 g/mol. The number of ether oxygens (including phenoxy) is 1. The number of unbranched alkanes of at least 4 members (excludes halogenated alkanes) is 1. The van der Waals surface area contributed by atoms with E-state index >= 15 is 0 Å². The molecule has 0 aliphatic carbocycles. The van der Waals surface area contributed by atoms with Crippen LogP contribution in [-0.2, 0) is 25.5 Å². The number of carbonyl (C=O) groups excluding carboxylic acids is 2. The van der Waals surface area contributed by atoms with Crippen LogP contribution in [0.4, 0.5) is 5.69 Å². The summed E-state index contributed by atoms with van der Waals surface area (Å²) in [5, 5.41) is 18.6. The Morgan fingerprint density at radius 3 is 2.59 bits per heavy atom. The predicted octanol–water partition coefficient (Wildman–Crippen LogP) is 1.27. The van der Waals surface area contributed by atoms with Gasteiger partial charge in [-0.3, -0.25) is 19.7 Å². The minimum atomic E-state index is -0.993. The number of benzene rings is 1. The van der Waals surface area contributed by atoms with Crippen LogP contribution < -0.4 is 21.7 Å². The summed E-state index contributed by atoms with van der Waals surface area (Å²) in [5.41, 5.74) is 7.05. The van der Waals surface area contributed by atoms with E-state index in [4.69, 9.17) is 10.5 Å². The van der Waals surface area contributed by atoms with Gasteiger partial charge in [-0.05, 0) is 49.4 Å². The number of amides is 2. The van der Waals surface area contributed by atoms with Gasteiger partial charge in [0.1, 0.15) is 6.04 Å². The van der Waals surface area contributed by atoms with Crippen LogP contribution in [0.15, 0.2) is 24.3 Å². The van der Waals surface area contributed by atoms with Crippen LogP contribution in [0.2, 0.25) is 0 Å². The van der Waals surface area contributed by atoms with Gasteiger partial charge in [0.15, 0.2) is 0 Å². The zero-order valence-electron chi connectivity index (χ0n) is 18.9. The molecule has 32 heavy (non-hydrogen) atoms. The molecule has 1 aromatic rings. The second-order valence-electron chi connectivity index (χ2n) is 8.53. The van der Waals surface area contributed by atoms with Gasteiger partial charge in [0.25, 0.3) is 0 Å². The van der Waals surface area contributed by atoms with Crippen LogP contribution in [0.25, 0.3) is 0 Å². The Morgan fingerprint density at radius 1 is 1.25 bits per heavy atom. The van der Waals surface area contributed by atoms with Crippen LogP contribution in [0, 0.1) is 5.92 Å². The number of carboxylic acids is 1. The molecule has 1 aromatic carbocycles. The first-order chi connectivity index (χ1) is 15.3. The normalized spacial score (nSPS) is 21.4. The van der Waals surface area contributed by atoms with E-state index in [0.29, 0.717) is 31.5 Å². The number of hydrogen-bond donors (Lipinski definition) is 5. The van der Waals surface area contributed by atoms with Crippen LogP contribution in [-0.4, -0.2) is 60.8 Å². The Bertz CT molecular complexity index is 753. The molecule has 0 saturated heterocycles. The number of nitrogens with two attached hydrogens (primary N) is 1. The molecule has 0 spiro atoms. The van der Waals surface area contributed by atoms with Crippen molar-refractivity contribution in [1.29, 1.82) is 0 Å². The molecule has 0 fully saturated rings. The van der Waals surface area contributed by atoms with Gasteiger partial charge in [0.2, 0.25) is 11.8 Å². The minimum absolute atomic E-state index is 0.0998. The smallest absolute Gasteiger partial charge is 0.320 e. The average molecular weight is 449 g/mol. The van der Waals surface area contributed by atoms with Crippen LogP contribution in [0.1, 0.15) is 45.1 Å². The van der Waals surface area contributed by atoms with E-state index in [1.807, 2.05) is 26.0 Å². The molecular weight excluding hydrogens is 412 g/mol. The maximum atomic E-state index is 13.2. The third-order valence-electron chi connectivity index (χ3n) is 5.54. The first kappa shape index (κ1) is 25.8. The van der Waals surface area contributed by atoms with E-state index in [1.165, 1.54) is 0 Å². The number of fused-ring (bicyclic) bond motifs is 12. The van der Waals surface area contributed by atoms with Crippen LogP contribution in [0.5, 0.6) is 0 Å². The number of hydrogen-bond acceptors (Lipinski definition) is 6. The van der Waals surface area contributed by atoms with E-state index in [9.17, 15) is 19.5 Å². The largest absolute Gasteiger partial charge is 0.480 e. The van der Waals surface area contributed by atoms with Crippen LogP contribution in [0.3, 0.4) is 0 Å².